The van der Waals surface area contributed by atoms with Crippen LogP contribution in [0.1, 0.15) is 19.5 Å². The molecular formula is C11H14N2OS. The van der Waals surface area contributed by atoms with E-state index < -0.39 is 11.0 Å². The quantitative estimate of drug-likeness (QED) is 0.724. The minimum Gasteiger partial charge on any atom is -0.248 e. The molecule has 1 rings (SSSR count). The molecule has 0 aliphatic heterocycles. The van der Waals surface area contributed by atoms with Gasteiger partial charge in [0.15, 0.2) is 11.0 Å². The van der Waals surface area contributed by atoms with Crippen LogP contribution < -0.4 is 0 Å². The third-order valence-corrected chi connectivity index (χ3v) is 3.13. The van der Waals surface area contributed by atoms with E-state index >= 15 is 0 Å². The molecule has 1 unspecified atom stereocenters. The molecule has 3 nitrogen and oxygen atoms in total. The van der Waals surface area contributed by atoms with Crippen LogP contribution in [0.3, 0.4) is 0 Å². The molecule has 0 fully saturated rings. The maximum Gasteiger partial charge on any atom is 0.174 e. The number of rotatable bonds is 3. The molecule has 0 bridgehead atoms. The Labute approximate surface area is 93.1 Å². The van der Waals surface area contributed by atoms with Gasteiger partial charge in [-0.1, -0.05) is 19.9 Å². The molecule has 0 saturated carbocycles. The van der Waals surface area contributed by atoms with Crippen LogP contribution >= 0.6 is 0 Å². The lowest BCUT2D eigenvalue weighted by Gasteiger charge is -2.11. The molecular weight excluding hydrogens is 208 g/mol. The molecule has 0 saturated heterocycles. The van der Waals surface area contributed by atoms with Gasteiger partial charge >= 0.3 is 0 Å². The number of hydrogen-bond acceptors (Lipinski definition) is 2. The van der Waals surface area contributed by atoms with Gasteiger partial charge in [0.1, 0.15) is 5.69 Å². The van der Waals surface area contributed by atoms with E-state index in [-0.39, 0.29) is 0 Å². The van der Waals surface area contributed by atoms with Crippen LogP contribution in [0.2, 0.25) is 0 Å². The van der Waals surface area contributed by atoms with E-state index in [1.165, 1.54) is 0 Å². The van der Waals surface area contributed by atoms with Crippen LogP contribution in [0.5, 0.6) is 0 Å². The predicted octanol–water partition coefficient (Wildman–Crippen LogP) is 1.40. The maximum absolute atomic E-state index is 11.6. The Morgan fingerprint density at radius 2 is 2.13 bits per heavy atom. The van der Waals surface area contributed by atoms with E-state index in [4.69, 9.17) is 0 Å². The second-order valence-electron chi connectivity index (χ2n) is 2.81. The van der Waals surface area contributed by atoms with Crippen molar-refractivity contribution in [3.63, 3.8) is 0 Å². The third kappa shape index (κ3) is 3.82. The van der Waals surface area contributed by atoms with Gasteiger partial charge in [0, 0.05) is 24.5 Å². The topological polar surface area (TPSA) is 33.2 Å². The first-order valence-corrected chi connectivity index (χ1v) is 5.98. The van der Waals surface area contributed by atoms with Gasteiger partial charge in [-0.3, -0.25) is 0 Å². The normalized spacial score (nSPS) is 11.9. The Morgan fingerprint density at radius 3 is 2.67 bits per heavy atom. The average molecular weight is 222 g/mol. The van der Waals surface area contributed by atoms with E-state index in [1.54, 1.807) is 16.6 Å². The average Bonchev–Trinajstić information content (AvgIpc) is 2.29. The first-order valence-electron chi connectivity index (χ1n) is 4.87. The lowest BCUT2D eigenvalue weighted by atomic mass is 10.4. The number of aromatic nitrogens is 1. The zero-order valence-corrected chi connectivity index (χ0v) is 9.75. The Hall–Kier alpha value is -1.18. The van der Waals surface area contributed by atoms with Gasteiger partial charge in [-0.25, -0.2) is 13.5 Å². The highest BCUT2D eigenvalue weighted by Gasteiger charge is 2.04. The summed E-state index contributed by atoms with van der Waals surface area (Å²) in [6.07, 6.45) is 1.67. The largest absolute Gasteiger partial charge is 0.248 e. The first kappa shape index (κ1) is 11.9. The van der Waals surface area contributed by atoms with Gasteiger partial charge in [0.2, 0.25) is 0 Å². The van der Waals surface area contributed by atoms with Crippen LogP contribution in [-0.2, 0) is 11.0 Å². The third-order valence-electron chi connectivity index (χ3n) is 1.87. The first-order chi connectivity index (χ1) is 7.27. The maximum atomic E-state index is 11.6. The van der Waals surface area contributed by atoms with Crippen LogP contribution in [0.15, 0.2) is 24.4 Å². The molecule has 1 atom stereocenters. The van der Waals surface area contributed by atoms with Gasteiger partial charge in [0.05, 0.1) is 0 Å². The van der Waals surface area contributed by atoms with Crippen LogP contribution in [0.4, 0.5) is 0 Å². The van der Waals surface area contributed by atoms with Crippen molar-refractivity contribution in [2.45, 2.75) is 13.8 Å². The highest BCUT2D eigenvalue weighted by molar-refractivity contribution is 7.87. The lowest BCUT2D eigenvalue weighted by Crippen LogP contribution is -2.23. The molecule has 0 radical (unpaired) electrons. The molecule has 4 heteroatoms. The monoisotopic (exact) mass is 222 g/mol. The second kappa shape index (κ2) is 6.33. The summed E-state index contributed by atoms with van der Waals surface area (Å²) in [4.78, 5) is 4.04. The summed E-state index contributed by atoms with van der Waals surface area (Å²) >= 11 is 0. The second-order valence-corrected chi connectivity index (χ2v) is 4.02. The summed E-state index contributed by atoms with van der Waals surface area (Å²) in [5.74, 6) is 2.79. The Bertz CT molecular complexity index is 377. The van der Waals surface area contributed by atoms with E-state index in [1.807, 2.05) is 26.0 Å². The highest BCUT2D eigenvalue weighted by Crippen LogP contribution is 1.94. The van der Waals surface area contributed by atoms with Gasteiger partial charge in [-0.05, 0) is 18.1 Å². The molecule has 0 spiro atoms. The summed E-state index contributed by atoms with van der Waals surface area (Å²) in [6.45, 7) is 5.40. The SMILES string of the molecule is CCN(CC)S(=O)C#Cc1ccccn1. The summed E-state index contributed by atoms with van der Waals surface area (Å²) < 4.78 is 13.4. The van der Waals surface area contributed by atoms with Crippen molar-refractivity contribution in [1.29, 1.82) is 0 Å². The fraction of sp³-hybridized carbons (Fsp3) is 0.364. The molecule has 15 heavy (non-hydrogen) atoms. The van der Waals surface area contributed by atoms with Crippen LogP contribution in [0.25, 0.3) is 0 Å². The lowest BCUT2D eigenvalue weighted by molar-refractivity contribution is 0.496. The summed E-state index contributed by atoms with van der Waals surface area (Å²) in [6, 6.07) is 5.48. The van der Waals surface area contributed by atoms with E-state index in [0.29, 0.717) is 5.69 Å². The molecule has 1 aromatic rings. The van der Waals surface area contributed by atoms with E-state index in [2.05, 4.69) is 16.2 Å². The highest BCUT2D eigenvalue weighted by atomic mass is 32.2. The zero-order chi connectivity index (χ0) is 11.1. The van der Waals surface area contributed by atoms with Crippen molar-refractivity contribution in [3.05, 3.63) is 30.1 Å². The number of nitrogens with zero attached hydrogens (tertiary/aromatic N) is 2. The number of hydrogen-bond donors (Lipinski definition) is 0. The van der Waals surface area contributed by atoms with Gasteiger partial charge < -0.3 is 0 Å². The zero-order valence-electron chi connectivity index (χ0n) is 8.93. The van der Waals surface area contributed by atoms with Crippen LogP contribution in [-0.4, -0.2) is 26.6 Å². The van der Waals surface area contributed by atoms with E-state index in [0.717, 1.165) is 13.1 Å². The van der Waals surface area contributed by atoms with Crippen molar-refractivity contribution >= 4 is 11.0 Å². The van der Waals surface area contributed by atoms with Crippen LogP contribution in [0, 0.1) is 11.2 Å². The summed E-state index contributed by atoms with van der Waals surface area (Å²) in [5, 5.41) is 2.69. The molecule has 0 aliphatic rings. The van der Waals surface area contributed by atoms with Crippen molar-refractivity contribution in [1.82, 2.24) is 9.29 Å². The Kier molecular flexibility index (Phi) is 5.02. The standard InChI is InChI=1S/C11H14N2OS/c1-3-13(4-2)15(14)10-8-11-7-5-6-9-12-11/h5-7,9H,3-4H2,1-2H3. The molecule has 0 aliphatic carbocycles. The van der Waals surface area contributed by atoms with Crippen molar-refractivity contribution < 1.29 is 4.21 Å². The Balaban J connectivity index is 2.70. The molecule has 80 valence electrons. The van der Waals surface area contributed by atoms with Gasteiger partial charge in [-0.2, -0.15) is 0 Å². The van der Waals surface area contributed by atoms with Gasteiger partial charge in [0.25, 0.3) is 0 Å². The predicted molar refractivity (Wildman–Crippen MR) is 62.2 cm³/mol. The minimum absolute atomic E-state index is 0.651. The molecule has 1 heterocycles. The van der Waals surface area contributed by atoms with Crippen molar-refractivity contribution in [3.8, 4) is 11.2 Å². The summed E-state index contributed by atoms with van der Waals surface area (Å²) in [7, 11) is -1.23. The fourth-order valence-corrected chi connectivity index (χ4v) is 1.85. The van der Waals surface area contributed by atoms with Gasteiger partial charge in [-0.15, -0.1) is 0 Å². The minimum atomic E-state index is -1.23. The van der Waals surface area contributed by atoms with E-state index in [9.17, 15) is 4.21 Å². The number of pyridine rings is 1. The molecule has 1 aromatic heterocycles. The molecule has 0 N–H and O–H groups in total. The molecule has 0 amide bonds. The summed E-state index contributed by atoms with van der Waals surface area (Å²) in [5.41, 5.74) is 0.651. The van der Waals surface area contributed by atoms with Crippen molar-refractivity contribution in [2.24, 2.45) is 0 Å². The smallest absolute Gasteiger partial charge is 0.174 e. The fourth-order valence-electron chi connectivity index (χ4n) is 1.06. The Morgan fingerprint density at radius 1 is 1.40 bits per heavy atom. The molecule has 0 aromatic carbocycles. The van der Waals surface area contributed by atoms with Crippen molar-refractivity contribution in [2.75, 3.05) is 13.1 Å².